The summed E-state index contributed by atoms with van der Waals surface area (Å²) in [5.74, 6) is -0.211. The average Bonchev–Trinajstić information content (AvgIpc) is 3.44. The number of hydrogen-bond donors (Lipinski definition) is 2. The molecule has 0 saturated carbocycles. The van der Waals surface area contributed by atoms with Crippen LogP contribution < -0.4 is 10.9 Å². The number of amides is 1. The summed E-state index contributed by atoms with van der Waals surface area (Å²) in [6.45, 7) is 0.605. The minimum Gasteiger partial charge on any atom is -0.377 e. The summed E-state index contributed by atoms with van der Waals surface area (Å²) in [4.78, 5) is 32.7. The van der Waals surface area contributed by atoms with Crippen molar-refractivity contribution in [3.63, 3.8) is 0 Å². The number of fused-ring (bicyclic) bond motifs is 1. The lowest BCUT2D eigenvalue weighted by Crippen LogP contribution is -2.44. The quantitative estimate of drug-likeness (QED) is 0.546. The number of aromatic nitrogens is 4. The van der Waals surface area contributed by atoms with Gasteiger partial charge in [0.2, 0.25) is 0 Å². The molecule has 1 fully saturated rings. The molecule has 5 rings (SSSR count). The molecule has 4 heterocycles. The number of pyridine rings is 1. The van der Waals surface area contributed by atoms with Crippen LogP contribution in [0, 0.1) is 0 Å². The maximum absolute atomic E-state index is 13.0. The van der Waals surface area contributed by atoms with Gasteiger partial charge in [-0.3, -0.25) is 14.6 Å². The van der Waals surface area contributed by atoms with Gasteiger partial charge in [-0.05, 0) is 36.4 Å². The Hall–Kier alpha value is -3.78. The van der Waals surface area contributed by atoms with Crippen LogP contribution in [0.5, 0.6) is 0 Å². The summed E-state index contributed by atoms with van der Waals surface area (Å²) >= 11 is 0. The van der Waals surface area contributed by atoms with Gasteiger partial charge >= 0.3 is 0 Å². The number of hydrogen-bond acceptors (Lipinski definition) is 5. The second-order valence-electron chi connectivity index (χ2n) is 7.17. The van der Waals surface area contributed by atoms with Gasteiger partial charge in [-0.1, -0.05) is 6.07 Å². The molecule has 1 saturated heterocycles. The van der Waals surface area contributed by atoms with Crippen molar-refractivity contribution in [2.45, 2.75) is 12.1 Å². The summed E-state index contributed by atoms with van der Waals surface area (Å²) in [6, 6.07) is 13.5. The maximum Gasteiger partial charge on any atom is 0.267 e. The van der Waals surface area contributed by atoms with Crippen LogP contribution in [0.1, 0.15) is 16.4 Å². The van der Waals surface area contributed by atoms with E-state index in [1.165, 1.54) is 10.7 Å². The van der Waals surface area contributed by atoms with Gasteiger partial charge in [0.15, 0.2) is 0 Å². The lowest BCUT2D eigenvalue weighted by Gasteiger charge is -2.21. The highest BCUT2D eigenvalue weighted by Gasteiger charge is 2.33. The number of ether oxygens (including phenoxy) is 1. The lowest BCUT2D eigenvalue weighted by molar-refractivity contribution is 0.0926. The number of carbonyl (C=O) groups excluding carboxylic acids is 1. The molecular formula is C22H19N5O3. The zero-order valence-corrected chi connectivity index (χ0v) is 16.0. The average molecular weight is 401 g/mol. The highest BCUT2D eigenvalue weighted by atomic mass is 16.5. The Bertz CT molecular complexity index is 1260. The Morgan fingerprint density at radius 2 is 2.07 bits per heavy atom. The number of benzene rings is 1. The standard InChI is InChI=1S/C22H19N5O3/c28-21-7-6-17(14-3-2-9-23-11-14)26-27(21)20-13-30-12-19(20)25-22(29)16-4-1-5-18-15(16)8-10-24-18/h1-11,19-20,24H,12-13H2,(H,25,29). The first-order valence-corrected chi connectivity index (χ1v) is 9.66. The van der Waals surface area contributed by atoms with Crippen LogP contribution in [0.25, 0.3) is 22.2 Å². The van der Waals surface area contributed by atoms with Gasteiger partial charge in [-0.15, -0.1) is 0 Å². The van der Waals surface area contributed by atoms with Crippen LogP contribution in [0.4, 0.5) is 0 Å². The summed E-state index contributed by atoms with van der Waals surface area (Å²) in [7, 11) is 0. The van der Waals surface area contributed by atoms with E-state index < -0.39 is 6.04 Å². The monoisotopic (exact) mass is 401 g/mol. The van der Waals surface area contributed by atoms with E-state index in [4.69, 9.17) is 4.74 Å². The third kappa shape index (κ3) is 3.27. The minimum atomic E-state index is -0.400. The van der Waals surface area contributed by atoms with Crippen molar-refractivity contribution in [2.75, 3.05) is 13.2 Å². The molecule has 0 spiro atoms. The van der Waals surface area contributed by atoms with Gasteiger partial charge < -0.3 is 15.0 Å². The van der Waals surface area contributed by atoms with Crippen LogP contribution in [-0.4, -0.2) is 44.9 Å². The topological polar surface area (TPSA) is 102 Å². The molecule has 0 radical (unpaired) electrons. The molecule has 1 aliphatic rings. The highest BCUT2D eigenvalue weighted by molar-refractivity contribution is 6.06. The normalized spacial score (nSPS) is 18.5. The van der Waals surface area contributed by atoms with Crippen molar-refractivity contribution >= 4 is 16.8 Å². The molecular weight excluding hydrogens is 382 g/mol. The van der Waals surface area contributed by atoms with E-state index in [0.29, 0.717) is 24.5 Å². The zero-order chi connectivity index (χ0) is 20.5. The van der Waals surface area contributed by atoms with E-state index in [0.717, 1.165) is 16.5 Å². The molecule has 2 N–H and O–H groups in total. The lowest BCUT2D eigenvalue weighted by atomic mass is 10.1. The first-order chi connectivity index (χ1) is 14.7. The predicted molar refractivity (Wildman–Crippen MR) is 111 cm³/mol. The van der Waals surface area contributed by atoms with Gasteiger partial charge in [0.05, 0.1) is 24.9 Å². The number of aromatic amines is 1. The molecule has 0 aliphatic carbocycles. The number of nitrogens with zero attached hydrogens (tertiary/aromatic N) is 3. The SMILES string of the molecule is O=C(NC1COCC1n1nc(-c2cccnc2)ccc1=O)c1cccc2[nH]ccc12. The van der Waals surface area contributed by atoms with Crippen LogP contribution in [0.15, 0.2) is 71.9 Å². The minimum absolute atomic E-state index is 0.211. The van der Waals surface area contributed by atoms with Gasteiger partial charge in [0, 0.05) is 46.7 Å². The van der Waals surface area contributed by atoms with Crippen molar-refractivity contribution in [1.82, 2.24) is 25.1 Å². The molecule has 30 heavy (non-hydrogen) atoms. The summed E-state index contributed by atoms with van der Waals surface area (Å²) < 4.78 is 7.00. The Morgan fingerprint density at radius 3 is 2.93 bits per heavy atom. The zero-order valence-electron chi connectivity index (χ0n) is 16.0. The molecule has 8 heteroatoms. The van der Waals surface area contributed by atoms with Gasteiger partial charge in [0.1, 0.15) is 6.04 Å². The summed E-state index contributed by atoms with van der Waals surface area (Å²) in [6.07, 6.45) is 5.18. The smallest absolute Gasteiger partial charge is 0.267 e. The molecule has 8 nitrogen and oxygen atoms in total. The number of rotatable bonds is 4. The second kappa shape index (κ2) is 7.57. The van der Waals surface area contributed by atoms with Crippen molar-refractivity contribution in [3.05, 3.63) is 83.0 Å². The molecule has 2 unspecified atom stereocenters. The van der Waals surface area contributed by atoms with Crippen molar-refractivity contribution in [3.8, 4) is 11.3 Å². The molecule has 150 valence electrons. The fourth-order valence-corrected chi connectivity index (χ4v) is 3.78. The van der Waals surface area contributed by atoms with E-state index in [-0.39, 0.29) is 17.5 Å². The van der Waals surface area contributed by atoms with E-state index in [1.807, 2.05) is 30.3 Å². The van der Waals surface area contributed by atoms with Crippen LogP contribution in [0.3, 0.4) is 0 Å². The van der Waals surface area contributed by atoms with Crippen molar-refractivity contribution < 1.29 is 9.53 Å². The second-order valence-corrected chi connectivity index (χ2v) is 7.17. The van der Waals surface area contributed by atoms with Crippen LogP contribution in [0.2, 0.25) is 0 Å². The van der Waals surface area contributed by atoms with Crippen molar-refractivity contribution in [2.24, 2.45) is 0 Å². The van der Waals surface area contributed by atoms with E-state index in [1.54, 1.807) is 30.7 Å². The van der Waals surface area contributed by atoms with Gasteiger partial charge in [-0.25, -0.2) is 4.68 Å². The van der Waals surface area contributed by atoms with Crippen LogP contribution >= 0.6 is 0 Å². The molecule has 1 aromatic carbocycles. The fourth-order valence-electron chi connectivity index (χ4n) is 3.78. The summed E-state index contributed by atoms with van der Waals surface area (Å²) in [5.41, 5.74) is 2.67. The van der Waals surface area contributed by atoms with E-state index >= 15 is 0 Å². The largest absolute Gasteiger partial charge is 0.377 e. The number of nitrogens with one attached hydrogen (secondary N) is 2. The van der Waals surface area contributed by atoms with Gasteiger partial charge in [-0.2, -0.15) is 5.10 Å². The molecule has 1 amide bonds. The third-order valence-electron chi connectivity index (χ3n) is 5.30. The maximum atomic E-state index is 13.0. The predicted octanol–water partition coefficient (Wildman–Crippen LogP) is 2.16. The van der Waals surface area contributed by atoms with Gasteiger partial charge in [0.25, 0.3) is 11.5 Å². The first-order valence-electron chi connectivity index (χ1n) is 9.66. The molecule has 0 bridgehead atoms. The number of carbonyl (C=O) groups is 1. The third-order valence-corrected chi connectivity index (χ3v) is 5.30. The fraction of sp³-hybridized carbons (Fsp3) is 0.182. The highest BCUT2D eigenvalue weighted by Crippen LogP contribution is 2.22. The molecule has 2 atom stereocenters. The number of H-pyrrole nitrogens is 1. The summed E-state index contributed by atoms with van der Waals surface area (Å²) in [5, 5.41) is 8.39. The molecule has 4 aromatic rings. The Morgan fingerprint density at radius 1 is 1.13 bits per heavy atom. The molecule has 3 aromatic heterocycles. The Labute approximate surface area is 171 Å². The van der Waals surface area contributed by atoms with E-state index in [9.17, 15) is 9.59 Å². The van der Waals surface area contributed by atoms with Crippen molar-refractivity contribution in [1.29, 1.82) is 0 Å². The Kier molecular flexibility index (Phi) is 4.61. The molecule has 1 aliphatic heterocycles. The van der Waals surface area contributed by atoms with E-state index in [2.05, 4.69) is 20.4 Å². The Balaban J connectivity index is 1.44. The first kappa shape index (κ1) is 18.3. The van der Waals surface area contributed by atoms with Crippen LogP contribution in [-0.2, 0) is 4.74 Å².